The van der Waals surface area contributed by atoms with Gasteiger partial charge in [-0.25, -0.2) is 4.79 Å². The molecule has 1 aromatic carbocycles. The lowest BCUT2D eigenvalue weighted by atomic mass is 9.81. The number of ether oxygens (including phenoxy) is 1. The van der Waals surface area contributed by atoms with Crippen LogP contribution in [0, 0.1) is 11.8 Å². The van der Waals surface area contributed by atoms with E-state index < -0.39 is 5.97 Å². The molecular formula is C18H19Br2NO4. The number of anilines is 1. The summed E-state index contributed by atoms with van der Waals surface area (Å²) in [6.07, 6.45) is 2.04. The molecule has 1 aliphatic heterocycles. The molecular weight excluding hydrogens is 454 g/mol. The van der Waals surface area contributed by atoms with E-state index in [0.29, 0.717) is 30.7 Å². The predicted octanol–water partition coefficient (Wildman–Crippen LogP) is 3.68. The topological polar surface area (TPSA) is 63.7 Å². The zero-order valence-corrected chi connectivity index (χ0v) is 17.0. The van der Waals surface area contributed by atoms with Crippen molar-refractivity contribution < 1.29 is 19.1 Å². The summed E-state index contributed by atoms with van der Waals surface area (Å²) in [6, 6.07) is 6.45. The highest BCUT2D eigenvalue weighted by atomic mass is 79.9. The number of amides is 2. The first-order chi connectivity index (χ1) is 11.9. The molecule has 4 atom stereocenters. The predicted molar refractivity (Wildman–Crippen MR) is 101 cm³/mol. The van der Waals surface area contributed by atoms with Gasteiger partial charge < -0.3 is 4.74 Å². The molecule has 1 saturated carbocycles. The van der Waals surface area contributed by atoms with Crippen LogP contribution in [0.1, 0.15) is 36.5 Å². The number of carbonyl (C=O) groups is 3. The quantitative estimate of drug-likeness (QED) is 0.381. The highest BCUT2D eigenvalue weighted by Gasteiger charge is 2.52. The number of carbonyl (C=O) groups excluding carboxylic acids is 3. The molecule has 0 bridgehead atoms. The van der Waals surface area contributed by atoms with Gasteiger partial charge in [-0.1, -0.05) is 38.8 Å². The van der Waals surface area contributed by atoms with E-state index in [4.69, 9.17) is 4.74 Å². The fourth-order valence-electron chi connectivity index (χ4n) is 3.37. The average molecular weight is 473 g/mol. The minimum atomic E-state index is -0.398. The second kappa shape index (κ2) is 7.58. The maximum absolute atomic E-state index is 12.7. The van der Waals surface area contributed by atoms with Gasteiger partial charge in [-0.05, 0) is 43.5 Å². The lowest BCUT2D eigenvalue weighted by Gasteiger charge is -2.29. The molecule has 0 radical (unpaired) electrons. The first-order valence-electron chi connectivity index (χ1n) is 8.37. The molecule has 3 rings (SSSR count). The highest BCUT2D eigenvalue weighted by molar-refractivity contribution is 9.12. The third-order valence-electron chi connectivity index (χ3n) is 4.71. The van der Waals surface area contributed by atoms with E-state index in [1.807, 2.05) is 6.92 Å². The Bertz CT molecular complexity index is 663. The standard InChI is InChI=1S/C18H19Br2NO4/c1-2-7-25-18(24)10-3-5-11(6-4-10)21-16(22)12-8-14(19)15(20)9-13(12)17(21)23/h3-6,12-15H,2,7-9H2,1H3/t12-,13+,14+,15-. The fourth-order valence-corrected chi connectivity index (χ4v) is 4.61. The Morgan fingerprint density at radius 1 is 1.08 bits per heavy atom. The van der Waals surface area contributed by atoms with Crippen molar-refractivity contribution >= 4 is 55.3 Å². The van der Waals surface area contributed by atoms with Crippen LogP contribution >= 0.6 is 31.9 Å². The van der Waals surface area contributed by atoms with Crippen LogP contribution in [0.4, 0.5) is 5.69 Å². The first-order valence-corrected chi connectivity index (χ1v) is 10.2. The molecule has 2 amide bonds. The van der Waals surface area contributed by atoms with E-state index in [1.54, 1.807) is 24.3 Å². The van der Waals surface area contributed by atoms with Crippen LogP contribution in [0.5, 0.6) is 0 Å². The van der Waals surface area contributed by atoms with E-state index in [9.17, 15) is 14.4 Å². The molecule has 25 heavy (non-hydrogen) atoms. The van der Waals surface area contributed by atoms with Gasteiger partial charge in [-0.2, -0.15) is 0 Å². The van der Waals surface area contributed by atoms with Crippen molar-refractivity contribution in [2.24, 2.45) is 11.8 Å². The van der Waals surface area contributed by atoms with E-state index in [-0.39, 0.29) is 33.3 Å². The number of esters is 1. The normalized spacial score (nSPS) is 28.8. The maximum atomic E-state index is 12.7. The van der Waals surface area contributed by atoms with Crippen LogP contribution in [0.2, 0.25) is 0 Å². The van der Waals surface area contributed by atoms with Crippen LogP contribution in [0.3, 0.4) is 0 Å². The van der Waals surface area contributed by atoms with Crippen LogP contribution in [0.25, 0.3) is 0 Å². The van der Waals surface area contributed by atoms with Crippen LogP contribution in [0.15, 0.2) is 24.3 Å². The Labute approximate surface area is 163 Å². The number of hydrogen-bond donors (Lipinski definition) is 0. The Morgan fingerprint density at radius 3 is 2.08 bits per heavy atom. The molecule has 1 heterocycles. The summed E-state index contributed by atoms with van der Waals surface area (Å²) in [5.74, 6) is -1.26. The van der Waals surface area contributed by atoms with Crippen molar-refractivity contribution in [1.82, 2.24) is 0 Å². The SMILES string of the molecule is CCCOC(=O)c1ccc(N2C(=O)[C@H]3C[C@@H](Br)[C@@H](Br)C[C@H]3C2=O)cc1. The van der Waals surface area contributed by atoms with Crippen molar-refractivity contribution in [2.75, 3.05) is 11.5 Å². The number of hydrogen-bond acceptors (Lipinski definition) is 4. The average Bonchev–Trinajstić information content (AvgIpc) is 2.84. The molecule has 1 aromatic rings. The molecule has 1 aliphatic carbocycles. The molecule has 7 heteroatoms. The highest BCUT2D eigenvalue weighted by Crippen LogP contribution is 2.44. The van der Waals surface area contributed by atoms with Crippen molar-refractivity contribution in [3.63, 3.8) is 0 Å². The van der Waals surface area contributed by atoms with E-state index in [0.717, 1.165) is 6.42 Å². The summed E-state index contributed by atoms with van der Waals surface area (Å²) in [5, 5.41) is 0. The molecule has 2 aliphatic rings. The van der Waals surface area contributed by atoms with Crippen LogP contribution < -0.4 is 4.90 Å². The lowest BCUT2D eigenvalue weighted by Crippen LogP contribution is -2.34. The summed E-state index contributed by atoms with van der Waals surface area (Å²) in [6.45, 7) is 2.30. The van der Waals surface area contributed by atoms with Gasteiger partial charge in [0.25, 0.3) is 0 Å². The zero-order chi connectivity index (χ0) is 18.1. The Balaban J connectivity index is 1.79. The summed E-state index contributed by atoms with van der Waals surface area (Å²) in [4.78, 5) is 39.0. The molecule has 2 fully saturated rings. The van der Waals surface area contributed by atoms with Gasteiger partial charge in [0.15, 0.2) is 0 Å². The minimum Gasteiger partial charge on any atom is -0.462 e. The maximum Gasteiger partial charge on any atom is 0.338 e. The van der Waals surface area contributed by atoms with Gasteiger partial charge >= 0.3 is 5.97 Å². The summed E-state index contributed by atoms with van der Waals surface area (Å²) in [7, 11) is 0. The molecule has 1 saturated heterocycles. The van der Waals surface area contributed by atoms with Gasteiger partial charge in [-0.15, -0.1) is 0 Å². The molecule has 0 spiro atoms. The smallest absolute Gasteiger partial charge is 0.338 e. The third kappa shape index (κ3) is 3.53. The van der Waals surface area contributed by atoms with Crippen molar-refractivity contribution in [1.29, 1.82) is 0 Å². The largest absolute Gasteiger partial charge is 0.462 e. The second-order valence-electron chi connectivity index (χ2n) is 6.41. The van der Waals surface area contributed by atoms with Crippen LogP contribution in [-0.4, -0.2) is 34.0 Å². The fraction of sp³-hybridized carbons (Fsp3) is 0.500. The molecule has 134 valence electrons. The summed E-state index contributed by atoms with van der Waals surface area (Å²) in [5.41, 5.74) is 0.920. The monoisotopic (exact) mass is 471 g/mol. The Morgan fingerprint density at radius 2 is 1.60 bits per heavy atom. The van der Waals surface area contributed by atoms with Gasteiger partial charge in [0.2, 0.25) is 11.8 Å². The number of fused-ring (bicyclic) bond motifs is 1. The second-order valence-corrected chi connectivity index (χ2v) is 8.76. The van der Waals surface area contributed by atoms with Crippen molar-refractivity contribution in [3.05, 3.63) is 29.8 Å². The summed E-state index contributed by atoms with van der Waals surface area (Å²) >= 11 is 7.16. The molecule has 0 unspecified atom stereocenters. The molecule has 0 N–H and O–H groups in total. The minimum absolute atomic E-state index is 0.153. The number of nitrogens with zero attached hydrogens (tertiary/aromatic N) is 1. The number of imide groups is 1. The number of rotatable bonds is 4. The number of benzene rings is 1. The van der Waals surface area contributed by atoms with E-state index in [1.165, 1.54) is 4.90 Å². The first kappa shape index (κ1) is 18.6. The third-order valence-corrected chi connectivity index (χ3v) is 7.44. The number of halogens is 2. The zero-order valence-electron chi connectivity index (χ0n) is 13.8. The van der Waals surface area contributed by atoms with Crippen molar-refractivity contribution in [2.45, 2.75) is 35.8 Å². The van der Waals surface area contributed by atoms with Gasteiger partial charge in [0.05, 0.1) is 29.7 Å². The van der Waals surface area contributed by atoms with E-state index >= 15 is 0 Å². The molecule has 5 nitrogen and oxygen atoms in total. The Kier molecular flexibility index (Phi) is 5.63. The molecule has 0 aromatic heterocycles. The van der Waals surface area contributed by atoms with E-state index in [2.05, 4.69) is 31.9 Å². The Hall–Kier alpha value is -1.21. The summed E-state index contributed by atoms with van der Waals surface area (Å²) < 4.78 is 5.09. The van der Waals surface area contributed by atoms with Crippen LogP contribution in [-0.2, 0) is 14.3 Å². The lowest BCUT2D eigenvalue weighted by molar-refractivity contribution is -0.122. The van der Waals surface area contributed by atoms with Gasteiger partial charge in [-0.3, -0.25) is 14.5 Å². The number of alkyl halides is 2. The van der Waals surface area contributed by atoms with Gasteiger partial charge in [0.1, 0.15) is 0 Å². The van der Waals surface area contributed by atoms with Gasteiger partial charge in [0, 0.05) is 9.65 Å². The van der Waals surface area contributed by atoms with Crippen molar-refractivity contribution in [3.8, 4) is 0 Å².